The molecule has 146 valence electrons. The minimum Gasteiger partial charge on any atom is -0.506 e. The van der Waals surface area contributed by atoms with Crippen molar-refractivity contribution in [2.45, 2.75) is 30.7 Å². The van der Waals surface area contributed by atoms with Gasteiger partial charge in [0.15, 0.2) is 0 Å². The summed E-state index contributed by atoms with van der Waals surface area (Å²) in [7, 11) is -3.72. The molecule has 1 aliphatic rings. The fraction of sp³-hybridized carbons (Fsp3) is 0.211. The van der Waals surface area contributed by atoms with Crippen molar-refractivity contribution in [2.75, 3.05) is 5.32 Å². The van der Waals surface area contributed by atoms with Crippen LogP contribution in [0.4, 0.5) is 10.1 Å². The smallest absolute Gasteiger partial charge is 0.266 e. The normalized spacial score (nSPS) is 14.4. The van der Waals surface area contributed by atoms with E-state index >= 15 is 0 Å². The molecular formula is C19H17FN2O4S2. The molecule has 4 rings (SSSR count). The number of phenolic OH excluding ortho intramolecular Hbond substituents is 1. The average molecular weight is 420 g/mol. The number of halogens is 1. The van der Waals surface area contributed by atoms with Crippen molar-refractivity contribution in [3.63, 3.8) is 0 Å². The van der Waals surface area contributed by atoms with Crippen molar-refractivity contribution in [2.24, 2.45) is 0 Å². The summed E-state index contributed by atoms with van der Waals surface area (Å²) in [6.45, 7) is 1.76. The van der Waals surface area contributed by atoms with Crippen molar-refractivity contribution >= 4 is 43.0 Å². The zero-order valence-corrected chi connectivity index (χ0v) is 16.5. The molecule has 0 spiro atoms. The van der Waals surface area contributed by atoms with E-state index in [4.69, 9.17) is 0 Å². The first-order chi connectivity index (χ1) is 13.2. The van der Waals surface area contributed by atoms with Crippen LogP contribution in [-0.2, 0) is 10.0 Å². The number of carbonyl (C=O) groups excluding carboxylic acids is 1. The summed E-state index contributed by atoms with van der Waals surface area (Å²) in [6, 6.07) is 7.97. The lowest BCUT2D eigenvalue weighted by Gasteiger charge is -2.10. The number of aromatic hydroxyl groups is 1. The maximum Gasteiger partial charge on any atom is 0.266 e. The number of fused-ring (bicyclic) bond motifs is 1. The van der Waals surface area contributed by atoms with Crippen molar-refractivity contribution < 1.29 is 22.7 Å². The van der Waals surface area contributed by atoms with Gasteiger partial charge < -0.3 is 10.4 Å². The lowest BCUT2D eigenvalue weighted by molar-refractivity contribution is 0.102. The molecule has 28 heavy (non-hydrogen) atoms. The van der Waals surface area contributed by atoms with Gasteiger partial charge in [0.2, 0.25) is 10.0 Å². The van der Waals surface area contributed by atoms with E-state index in [1.807, 2.05) is 0 Å². The molecule has 3 N–H and O–H groups in total. The molecule has 0 saturated heterocycles. The number of thiophene rings is 1. The third-order valence-electron chi connectivity index (χ3n) is 4.53. The van der Waals surface area contributed by atoms with E-state index in [0.29, 0.717) is 15.1 Å². The number of nitrogens with one attached hydrogen (secondary N) is 2. The molecule has 1 fully saturated rings. The number of amides is 1. The predicted molar refractivity (Wildman–Crippen MR) is 106 cm³/mol. The van der Waals surface area contributed by atoms with E-state index in [0.717, 1.165) is 29.6 Å². The highest BCUT2D eigenvalue weighted by molar-refractivity contribution is 7.89. The summed E-state index contributed by atoms with van der Waals surface area (Å²) in [6.07, 6.45) is 1.60. The van der Waals surface area contributed by atoms with Gasteiger partial charge in [-0.25, -0.2) is 17.5 Å². The van der Waals surface area contributed by atoms with Crippen LogP contribution in [0.5, 0.6) is 5.75 Å². The monoisotopic (exact) mass is 420 g/mol. The molecule has 1 aromatic heterocycles. The van der Waals surface area contributed by atoms with Crippen molar-refractivity contribution in [1.29, 1.82) is 0 Å². The molecule has 0 radical (unpaired) electrons. The van der Waals surface area contributed by atoms with Gasteiger partial charge in [-0.1, -0.05) is 6.07 Å². The van der Waals surface area contributed by atoms with E-state index in [9.17, 15) is 22.7 Å². The lowest BCUT2D eigenvalue weighted by atomic mass is 10.1. The summed E-state index contributed by atoms with van der Waals surface area (Å²) in [5, 5.41) is 13.4. The topological polar surface area (TPSA) is 95.5 Å². The summed E-state index contributed by atoms with van der Waals surface area (Å²) in [4.78, 5) is 13.0. The van der Waals surface area contributed by atoms with Crippen LogP contribution in [0.3, 0.4) is 0 Å². The molecule has 1 aliphatic carbocycles. The quantitative estimate of drug-likeness (QED) is 0.548. The van der Waals surface area contributed by atoms with Crippen molar-refractivity contribution in [3.05, 3.63) is 52.7 Å². The van der Waals surface area contributed by atoms with Crippen LogP contribution >= 0.6 is 11.3 Å². The zero-order valence-electron chi connectivity index (χ0n) is 14.8. The third-order valence-corrected chi connectivity index (χ3v) is 7.30. The maximum absolute atomic E-state index is 13.4. The summed E-state index contributed by atoms with van der Waals surface area (Å²) in [5.74, 6) is -1.14. The Morgan fingerprint density at radius 3 is 2.68 bits per heavy atom. The summed E-state index contributed by atoms with van der Waals surface area (Å²) < 4.78 is 41.4. The summed E-state index contributed by atoms with van der Waals surface area (Å²) in [5.41, 5.74) is 0.683. The number of anilines is 1. The number of phenols is 1. The number of carbonyl (C=O) groups is 1. The number of hydrogen-bond donors (Lipinski definition) is 3. The molecule has 0 unspecified atom stereocenters. The van der Waals surface area contributed by atoms with Crippen LogP contribution in [0, 0.1) is 12.7 Å². The first kappa shape index (κ1) is 18.9. The highest BCUT2D eigenvalue weighted by atomic mass is 32.2. The standard InChI is InChI=1S/C19H17FN2O4S2/c1-10-14-6-2-11(20)8-17(14)27-18(10)19(24)21-15-9-13(5-7-16(15)23)28(25,26)22-12-3-4-12/h2,5-9,12,22-23H,3-4H2,1H3,(H,21,24). The summed E-state index contributed by atoms with van der Waals surface area (Å²) >= 11 is 1.13. The van der Waals surface area contributed by atoms with Crippen molar-refractivity contribution in [1.82, 2.24) is 4.72 Å². The van der Waals surface area contributed by atoms with Crippen LogP contribution < -0.4 is 10.0 Å². The molecule has 2 aromatic carbocycles. The Bertz CT molecular complexity index is 1200. The van der Waals surface area contributed by atoms with Crippen LogP contribution in [-0.4, -0.2) is 25.5 Å². The first-order valence-electron chi connectivity index (χ1n) is 8.60. The Labute approximate surface area is 165 Å². The van der Waals surface area contributed by atoms with Gasteiger partial charge in [-0.3, -0.25) is 4.79 Å². The zero-order chi connectivity index (χ0) is 20.1. The molecule has 0 atom stereocenters. The van der Waals surface area contributed by atoms with E-state index < -0.39 is 15.9 Å². The van der Waals surface area contributed by atoms with Gasteiger partial charge in [0.05, 0.1) is 15.5 Å². The fourth-order valence-corrected chi connectivity index (χ4v) is 5.33. The number of benzene rings is 2. The van der Waals surface area contributed by atoms with Gasteiger partial charge in [-0.05, 0) is 61.0 Å². The lowest BCUT2D eigenvalue weighted by Crippen LogP contribution is -2.25. The van der Waals surface area contributed by atoms with Gasteiger partial charge >= 0.3 is 0 Å². The number of hydrogen-bond acceptors (Lipinski definition) is 5. The molecule has 1 amide bonds. The van der Waals surface area contributed by atoms with Gasteiger partial charge in [-0.15, -0.1) is 11.3 Å². The Kier molecular flexibility index (Phi) is 4.60. The molecule has 0 bridgehead atoms. The molecule has 0 aliphatic heterocycles. The Hall–Kier alpha value is -2.49. The fourth-order valence-electron chi connectivity index (χ4n) is 2.87. The number of sulfonamides is 1. The van der Waals surface area contributed by atoms with Crippen LogP contribution in [0.25, 0.3) is 10.1 Å². The number of aryl methyl sites for hydroxylation is 1. The molecule has 1 saturated carbocycles. The first-order valence-corrected chi connectivity index (χ1v) is 10.9. The van der Waals surface area contributed by atoms with E-state index in [1.165, 1.54) is 30.3 Å². The van der Waals surface area contributed by atoms with E-state index in [2.05, 4.69) is 10.0 Å². The van der Waals surface area contributed by atoms with Gasteiger partial charge in [0, 0.05) is 10.7 Å². The molecule has 9 heteroatoms. The minimum absolute atomic E-state index is 0.00768. The molecular weight excluding hydrogens is 403 g/mol. The van der Waals surface area contributed by atoms with Gasteiger partial charge in [0.25, 0.3) is 5.91 Å². The molecule has 1 heterocycles. The Morgan fingerprint density at radius 2 is 1.96 bits per heavy atom. The molecule has 3 aromatic rings. The highest BCUT2D eigenvalue weighted by Crippen LogP contribution is 2.33. The van der Waals surface area contributed by atoms with Gasteiger partial charge in [0.1, 0.15) is 11.6 Å². The number of rotatable bonds is 5. The largest absolute Gasteiger partial charge is 0.506 e. The van der Waals surface area contributed by atoms with Crippen LogP contribution in [0.1, 0.15) is 28.1 Å². The van der Waals surface area contributed by atoms with Gasteiger partial charge in [-0.2, -0.15) is 0 Å². The average Bonchev–Trinajstić information content (AvgIpc) is 3.37. The van der Waals surface area contributed by atoms with Crippen LogP contribution in [0.15, 0.2) is 41.3 Å². The van der Waals surface area contributed by atoms with Crippen molar-refractivity contribution in [3.8, 4) is 5.75 Å². The second-order valence-corrected chi connectivity index (χ2v) is 9.49. The highest BCUT2D eigenvalue weighted by Gasteiger charge is 2.28. The van der Waals surface area contributed by atoms with E-state index in [-0.39, 0.29) is 28.2 Å². The Balaban J connectivity index is 1.64. The third kappa shape index (κ3) is 3.60. The second kappa shape index (κ2) is 6.84. The van der Waals surface area contributed by atoms with Crippen LogP contribution in [0.2, 0.25) is 0 Å². The van der Waals surface area contributed by atoms with E-state index in [1.54, 1.807) is 13.0 Å². The Morgan fingerprint density at radius 1 is 1.21 bits per heavy atom. The maximum atomic E-state index is 13.4. The predicted octanol–water partition coefficient (Wildman–Crippen LogP) is 3.75. The SMILES string of the molecule is Cc1c(C(=O)Nc2cc(S(=O)(=O)NC3CC3)ccc2O)sc2cc(F)ccc12. The second-order valence-electron chi connectivity index (χ2n) is 6.73. The minimum atomic E-state index is -3.72. The molecule has 6 nitrogen and oxygen atoms in total.